The lowest BCUT2D eigenvalue weighted by atomic mass is 10.1. The normalized spacial score (nSPS) is 10.6. The Kier molecular flexibility index (Phi) is 2.72. The summed E-state index contributed by atoms with van der Waals surface area (Å²) < 4.78 is 10.3. The number of fused-ring (bicyclic) bond motifs is 1. The van der Waals surface area contributed by atoms with Crippen LogP contribution in [0.5, 0.6) is 11.5 Å². The third kappa shape index (κ3) is 2.30. The Morgan fingerprint density at radius 1 is 1.00 bits per heavy atom. The molecule has 0 unspecified atom stereocenters. The number of carbonyl (C=O) groups excluding carboxylic acids is 1. The van der Waals surface area contributed by atoms with Crippen LogP contribution in [0.1, 0.15) is 17.3 Å². The molecule has 0 N–H and O–H groups in total. The number of ketones is 1. The lowest BCUT2D eigenvalue weighted by Gasteiger charge is -2.05. The molecule has 94 valence electrons. The molecule has 0 aliphatic rings. The van der Waals surface area contributed by atoms with Crippen molar-refractivity contribution in [3.05, 3.63) is 48.0 Å². The monoisotopic (exact) mass is 254 g/mol. The van der Waals surface area contributed by atoms with E-state index >= 15 is 0 Å². The van der Waals surface area contributed by atoms with Gasteiger partial charge in [-0.25, -0.2) is 4.63 Å². The van der Waals surface area contributed by atoms with Gasteiger partial charge in [-0.05, 0) is 53.6 Å². The van der Waals surface area contributed by atoms with E-state index in [-0.39, 0.29) is 5.78 Å². The van der Waals surface area contributed by atoms with Gasteiger partial charge in [0.05, 0.1) is 0 Å². The fourth-order valence-electron chi connectivity index (χ4n) is 1.72. The van der Waals surface area contributed by atoms with Gasteiger partial charge in [-0.2, -0.15) is 0 Å². The minimum Gasteiger partial charge on any atom is -0.457 e. The predicted molar refractivity (Wildman–Crippen MR) is 68.3 cm³/mol. The van der Waals surface area contributed by atoms with Gasteiger partial charge in [0, 0.05) is 11.6 Å². The molecule has 0 aliphatic carbocycles. The van der Waals surface area contributed by atoms with E-state index in [2.05, 4.69) is 14.9 Å². The topological polar surface area (TPSA) is 65.2 Å². The Labute approximate surface area is 108 Å². The Bertz CT molecular complexity index is 732. The summed E-state index contributed by atoms with van der Waals surface area (Å²) >= 11 is 0. The van der Waals surface area contributed by atoms with Crippen molar-refractivity contribution in [2.45, 2.75) is 6.92 Å². The highest BCUT2D eigenvalue weighted by atomic mass is 16.6. The van der Waals surface area contributed by atoms with Crippen LogP contribution >= 0.6 is 0 Å². The molecule has 1 heterocycles. The summed E-state index contributed by atoms with van der Waals surface area (Å²) in [6.07, 6.45) is 0. The minimum atomic E-state index is 0.0293. The second-order valence-electron chi connectivity index (χ2n) is 4.10. The van der Waals surface area contributed by atoms with Crippen molar-refractivity contribution in [1.82, 2.24) is 10.3 Å². The quantitative estimate of drug-likeness (QED) is 0.671. The Hall–Kier alpha value is -2.69. The average Bonchev–Trinajstić information content (AvgIpc) is 2.87. The minimum absolute atomic E-state index is 0.0293. The summed E-state index contributed by atoms with van der Waals surface area (Å²) in [5, 5.41) is 7.47. The number of aromatic nitrogens is 2. The van der Waals surface area contributed by atoms with E-state index in [1.54, 1.807) is 42.5 Å². The van der Waals surface area contributed by atoms with E-state index in [1.165, 1.54) is 6.92 Å². The molecule has 3 aromatic rings. The summed E-state index contributed by atoms with van der Waals surface area (Å²) in [4.78, 5) is 11.2. The molecule has 0 fully saturated rings. The zero-order valence-electron chi connectivity index (χ0n) is 10.2. The second-order valence-corrected chi connectivity index (χ2v) is 4.10. The molecule has 1 aromatic heterocycles. The highest BCUT2D eigenvalue weighted by Gasteiger charge is 2.04. The van der Waals surface area contributed by atoms with Crippen molar-refractivity contribution < 1.29 is 14.2 Å². The third-order valence-corrected chi connectivity index (χ3v) is 2.72. The van der Waals surface area contributed by atoms with Gasteiger partial charge in [0.15, 0.2) is 5.78 Å². The zero-order valence-corrected chi connectivity index (χ0v) is 10.2. The summed E-state index contributed by atoms with van der Waals surface area (Å²) in [5.41, 5.74) is 1.97. The van der Waals surface area contributed by atoms with Crippen molar-refractivity contribution in [1.29, 1.82) is 0 Å². The van der Waals surface area contributed by atoms with Crippen LogP contribution < -0.4 is 4.74 Å². The SMILES string of the molecule is CC(=O)c1ccc(Oc2ccc3nonc3c2)cc1. The number of hydrogen-bond donors (Lipinski definition) is 0. The summed E-state index contributed by atoms with van der Waals surface area (Å²) in [5.74, 6) is 1.32. The highest BCUT2D eigenvalue weighted by molar-refractivity contribution is 5.94. The predicted octanol–water partition coefficient (Wildman–Crippen LogP) is 3.22. The molecule has 0 bridgehead atoms. The molecule has 5 heteroatoms. The van der Waals surface area contributed by atoms with Crippen LogP contribution in [0.15, 0.2) is 47.1 Å². The number of ether oxygens (including phenoxy) is 1. The molecule has 2 aromatic carbocycles. The van der Waals surface area contributed by atoms with Gasteiger partial charge < -0.3 is 4.74 Å². The largest absolute Gasteiger partial charge is 0.457 e. The first kappa shape index (κ1) is 11.4. The van der Waals surface area contributed by atoms with Gasteiger partial charge in [-0.3, -0.25) is 4.79 Å². The number of hydrogen-bond acceptors (Lipinski definition) is 5. The van der Waals surface area contributed by atoms with Crippen LogP contribution in [0.25, 0.3) is 11.0 Å². The van der Waals surface area contributed by atoms with E-state index in [9.17, 15) is 4.79 Å². The fourth-order valence-corrected chi connectivity index (χ4v) is 1.72. The standard InChI is InChI=1S/C14H10N2O3/c1-9(17)10-2-4-11(5-3-10)18-12-6-7-13-14(8-12)16-19-15-13/h2-8H,1H3. The van der Waals surface area contributed by atoms with Gasteiger partial charge in [0.25, 0.3) is 0 Å². The van der Waals surface area contributed by atoms with Crippen molar-refractivity contribution in [3.8, 4) is 11.5 Å². The van der Waals surface area contributed by atoms with Crippen LogP contribution in [0.3, 0.4) is 0 Å². The number of nitrogens with zero attached hydrogens (tertiary/aromatic N) is 2. The van der Waals surface area contributed by atoms with Crippen LogP contribution in [0.2, 0.25) is 0 Å². The van der Waals surface area contributed by atoms with Crippen LogP contribution in [0, 0.1) is 0 Å². The van der Waals surface area contributed by atoms with Gasteiger partial charge in [0.2, 0.25) is 0 Å². The molecule has 0 amide bonds. The summed E-state index contributed by atoms with van der Waals surface area (Å²) in [6, 6.07) is 12.3. The summed E-state index contributed by atoms with van der Waals surface area (Å²) in [7, 11) is 0. The highest BCUT2D eigenvalue weighted by Crippen LogP contribution is 2.24. The number of carbonyl (C=O) groups is 1. The van der Waals surface area contributed by atoms with Gasteiger partial charge in [-0.15, -0.1) is 0 Å². The molecule has 5 nitrogen and oxygen atoms in total. The molecule has 0 saturated carbocycles. The zero-order chi connectivity index (χ0) is 13.2. The maximum Gasteiger partial charge on any atom is 0.159 e. The summed E-state index contributed by atoms with van der Waals surface area (Å²) in [6.45, 7) is 1.53. The molecule has 3 rings (SSSR count). The first-order valence-electron chi connectivity index (χ1n) is 5.73. The van der Waals surface area contributed by atoms with E-state index in [1.807, 2.05) is 0 Å². The van der Waals surface area contributed by atoms with E-state index in [0.717, 1.165) is 0 Å². The molecule has 0 spiro atoms. The maximum absolute atomic E-state index is 11.2. The maximum atomic E-state index is 11.2. The molecule has 0 saturated heterocycles. The Balaban J connectivity index is 1.85. The molecular weight excluding hydrogens is 244 g/mol. The molecule has 19 heavy (non-hydrogen) atoms. The molecular formula is C14H10N2O3. The van der Waals surface area contributed by atoms with E-state index in [0.29, 0.717) is 28.1 Å². The van der Waals surface area contributed by atoms with E-state index < -0.39 is 0 Å². The average molecular weight is 254 g/mol. The third-order valence-electron chi connectivity index (χ3n) is 2.72. The van der Waals surface area contributed by atoms with Crippen molar-refractivity contribution >= 4 is 16.8 Å². The number of rotatable bonds is 3. The van der Waals surface area contributed by atoms with Gasteiger partial charge in [0.1, 0.15) is 22.5 Å². The number of benzene rings is 2. The van der Waals surface area contributed by atoms with Crippen LogP contribution in [-0.4, -0.2) is 16.1 Å². The number of Topliss-reactive ketones (excluding diaryl/α,β-unsaturated/α-hetero) is 1. The fraction of sp³-hybridized carbons (Fsp3) is 0.0714. The van der Waals surface area contributed by atoms with Gasteiger partial charge >= 0.3 is 0 Å². The Morgan fingerprint density at radius 3 is 2.42 bits per heavy atom. The van der Waals surface area contributed by atoms with Crippen molar-refractivity contribution in [2.75, 3.05) is 0 Å². The van der Waals surface area contributed by atoms with Crippen LogP contribution in [0.4, 0.5) is 0 Å². The van der Waals surface area contributed by atoms with Crippen LogP contribution in [-0.2, 0) is 0 Å². The molecule has 0 aliphatic heterocycles. The first-order valence-corrected chi connectivity index (χ1v) is 5.73. The lowest BCUT2D eigenvalue weighted by molar-refractivity contribution is 0.101. The van der Waals surface area contributed by atoms with Gasteiger partial charge in [-0.1, -0.05) is 0 Å². The van der Waals surface area contributed by atoms with E-state index in [4.69, 9.17) is 4.74 Å². The first-order chi connectivity index (χ1) is 9.22. The molecule has 0 atom stereocenters. The Morgan fingerprint density at radius 2 is 1.68 bits per heavy atom. The second kappa shape index (κ2) is 4.53. The van der Waals surface area contributed by atoms with Crippen molar-refractivity contribution in [3.63, 3.8) is 0 Å². The smallest absolute Gasteiger partial charge is 0.159 e. The molecule has 0 radical (unpaired) electrons. The van der Waals surface area contributed by atoms with Crippen molar-refractivity contribution in [2.24, 2.45) is 0 Å². The lowest BCUT2D eigenvalue weighted by Crippen LogP contribution is -1.91.